The van der Waals surface area contributed by atoms with E-state index in [1.54, 1.807) is 0 Å². The predicted molar refractivity (Wildman–Crippen MR) is 75.9 cm³/mol. The summed E-state index contributed by atoms with van der Waals surface area (Å²) in [5.41, 5.74) is 5.39. The molecule has 0 fully saturated rings. The molecule has 0 bridgehead atoms. The Hall–Kier alpha value is -1.45. The number of hydrazine groups is 1. The summed E-state index contributed by atoms with van der Waals surface area (Å²) in [7, 11) is 0. The minimum Gasteiger partial charge on any atom is -0.271 e. The zero-order chi connectivity index (χ0) is 13.2. The van der Waals surface area contributed by atoms with Gasteiger partial charge in [-0.15, -0.1) is 0 Å². The van der Waals surface area contributed by atoms with Gasteiger partial charge in [0.15, 0.2) is 0 Å². The third-order valence-electron chi connectivity index (χ3n) is 3.05. The van der Waals surface area contributed by atoms with Gasteiger partial charge in [-0.3, -0.25) is 16.3 Å². The Kier molecular flexibility index (Phi) is 3.64. The molecular weight excluding hydrogens is 222 g/mol. The fourth-order valence-corrected chi connectivity index (χ4v) is 2.20. The third kappa shape index (κ3) is 3.06. The van der Waals surface area contributed by atoms with Gasteiger partial charge in [0.2, 0.25) is 0 Å². The Bertz CT molecular complexity index is 528. The van der Waals surface area contributed by atoms with E-state index in [1.807, 2.05) is 12.3 Å². The van der Waals surface area contributed by atoms with Crippen LogP contribution in [0.3, 0.4) is 0 Å². The van der Waals surface area contributed by atoms with Crippen LogP contribution in [0.1, 0.15) is 38.8 Å². The summed E-state index contributed by atoms with van der Waals surface area (Å²) in [5.74, 6) is 5.69. The smallest absolute Gasteiger partial charge is 0.0702 e. The van der Waals surface area contributed by atoms with Crippen molar-refractivity contribution < 1.29 is 0 Å². The number of hydrogen-bond acceptors (Lipinski definition) is 3. The van der Waals surface area contributed by atoms with Crippen LogP contribution in [0.5, 0.6) is 0 Å². The largest absolute Gasteiger partial charge is 0.271 e. The Morgan fingerprint density at radius 1 is 1.28 bits per heavy atom. The van der Waals surface area contributed by atoms with Crippen LogP contribution in [0.4, 0.5) is 0 Å². The number of aromatic nitrogens is 1. The summed E-state index contributed by atoms with van der Waals surface area (Å²) in [5, 5.41) is 1.16. The molecule has 1 heterocycles. The average molecular weight is 243 g/mol. The summed E-state index contributed by atoms with van der Waals surface area (Å²) in [6, 6.07) is 10.5. The van der Waals surface area contributed by atoms with E-state index in [1.165, 1.54) is 5.56 Å². The van der Waals surface area contributed by atoms with E-state index in [2.05, 4.69) is 55.4 Å². The SMILES string of the molecule is CC(C)(C)CC(NN)c1ccc2ncccc2c1. The third-order valence-corrected chi connectivity index (χ3v) is 3.05. The molecule has 18 heavy (non-hydrogen) atoms. The lowest BCUT2D eigenvalue weighted by Crippen LogP contribution is -2.31. The van der Waals surface area contributed by atoms with Crippen molar-refractivity contribution in [2.24, 2.45) is 11.3 Å². The predicted octanol–water partition coefficient (Wildman–Crippen LogP) is 3.18. The minimum atomic E-state index is 0.176. The highest BCUT2D eigenvalue weighted by molar-refractivity contribution is 5.79. The molecule has 3 heteroatoms. The summed E-state index contributed by atoms with van der Waals surface area (Å²) < 4.78 is 0. The summed E-state index contributed by atoms with van der Waals surface area (Å²) in [4.78, 5) is 4.33. The number of nitrogens with zero attached hydrogens (tertiary/aromatic N) is 1. The molecule has 1 aromatic heterocycles. The molecule has 0 radical (unpaired) electrons. The van der Waals surface area contributed by atoms with Crippen molar-refractivity contribution in [1.29, 1.82) is 0 Å². The number of pyridine rings is 1. The first-order valence-corrected chi connectivity index (χ1v) is 6.30. The first-order valence-electron chi connectivity index (χ1n) is 6.30. The molecule has 2 aromatic rings. The Labute approximate surface area is 108 Å². The molecule has 3 N–H and O–H groups in total. The maximum absolute atomic E-state index is 5.69. The van der Waals surface area contributed by atoms with Crippen LogP contribution in [0.2, 0.25) is 0 Å². The maximum Gasteiger partial charge on any atom is 0.0702 e. The van der Waals surface area contributed by atoms with Gasteiger partial charge in [0.25, 0.3) is 0 Å². The van der Waals surface area contributed by atoms with E-state index < -0.39 is 0 Å². The molecule has 1 unspecified atom stereocenters. The van der Waals surface area contributed by atoms with Crippen LogP contribution >= 0.6 is 0 Å². The van der Waals surface area contributed by atoms with Gasteiger partial charge in [0.1, 0.15) is 0 Å². The Balaban J connectivity index is 2.33. The molecule has 0 saturated heterocycles. The quantitative estimate of drug-likeness (QED) is 0.643. The molecule has 3 nitrogen and oxygen atoms in total. The fourth-order valence-electron chi connectivity index (χ4n) is 2.20. The minimum absolute atomic E-state index is 0.176. The summed E-state index contributed by atoms with van der Waals surface area (Å²) in [6.45, 7) is 6.67. The molecule has 0 amide bonds. The second-order valence-corrected chi connectivity index (χ2v) is 5.94. The number of benzene rings is 1. The highest BCUT2D eigenvalue weighted by Gasteiger charge is 2.19. The van der Waals surface area contributed by atoms with Crippen LogP contribution in [-0.4, -0.2) is 4.98 Å². The monoisotopic (exact) mass is 243 g/mol. The first kappa shape index (κ1) is 13.0. The lowest BCUT2D eigenvalue weighted by Gasteiger charge is -2.26. The van der Waals surface area contributed by atoms with Gasteiger partial charge in [-0.2, -0.15) is 0 Å². The molecule has 0 aliphatic carbocycles. The van der Waals surface area contributed by atoms with Gasteiger partial charge in [0.05, 0.1) is 5.52 Å². The number of rotatable bonds is 3. The maximum atomic E-state index is 5.69. The average Bonchev–Trinajstić information content (AvgIpc) is 2.34. The van der Waals surface area contributed by atoms with Crippen molar-refractivity contribution in [2.45, 2.75) is 33.2 Å². The second kappa shape index (κ2) is 5.04. The number of hydrogen-bond donors (Lipinski definition) is 2. The van der Waals surface area contributed by atoms with Crippen molar-refractivity contribution in [1.82, 2.24) is 10.4 Å². The molecule has 1 atom stereocenters. The number of fused-ring (bicyclic) bond motifs is 1. The van der Waals surface area contributed by atoms with Crippen LogP contribution in [0.15, 0.2) is 36.5 Å². The lowest BCUT2D eigenvalue weighted by atomic mass is 9.85. The topological polar surface area (TPSA) is 50.9 Å². The molecular formula is C15H21N3. The van der Waals surface area contributed by atoms with Gasteiger partial charge in [0, 0.05) is 17.6 Å². The van der Waals surface area contributed by atoms with Crippen molar-refractivity contribution in [3.8, 4) is 0 Å². The van der Waals surface area contributed by atoms with Gasteiger partial charge in [-0.25, -0.2) is 0 Å². The van der Waals surface area contributed by atoms with Crippen LogP contribution < -0.4 is 11.3 Å². The van der Waals surface area contributed by atoms with Crippen molar-refractivity contribution in [3.63, 3.8) is 0 Å². The van der Waals surface area contributed by atoms with Crippen molar-refractivity contribution >= 4 is 10.9 Å². The van der Waals surface area contributed by atoms with E-state index in [0.29, 0.717) is 0 Å². The fraction of sp³-hybridized carbons (Fsp3) is 0.400. The van der Waals surface area contributed by atoms with Crippen molar-refractivity contribution in [2.75, 3.05) is 0 Å². The van der Waals surface area contributed by atoms with E-state index in [-0.39, 0.29) is 11.5 Å². The molecule has 0 saturated carbocycles. The highest BCUT2D eigenvalue weighted by Crippen LogP contribution is 2.30. The molecule has 0 aliphatic rings. The molecule has 2 rings (SSSR count). The normalized spacial score (nSPS) is 13.8. The van der Waals surface area contributed by atoms with Gasteiger partial charge in [-0.05, 0) is 35.6 Å². The van der Waals surface area contributed by atoms with E-state index in [4.69, 9.17) is 5.84 Å². The molecule has 0 spiro atoms. The lowest BCUT2D eigenvalue weighted by molar-refractivity contribution is 0.313. The van der Waals surface area contributed by atoms with Crippen LogP contribution in [0, 0.1) is 5.41 Å². The second-order valence-electron chi connectivity index (χ2n) is 5.94. The van der Waals surface area contributed by atoms with Crippen LogP contribution in [-0.2, 0) is 0 Å². The van der Waals surface area contributed by atoms with E-state index >= 15 is 0 Å². The summed E-state index contributed by atoms with van der Waals surface area (Å²) >= 11 is 0. The van der Waals surface area contributed by atoms with Crippen molar-refractivity contribution in [3.05, 3.63) is 42.1 Å². The first-order chi connectivity index (χ1) is 8.49. The van der Waals surface area contributed by atoms with Gasteiger partial charge >= 0.3 is 0 Å². The standard InChI is InChI=1S/C15H21N3/c1-15(2,3)10-14(18-16)12-6-7-13-11(9-12)5-4-8-17-13/h4-9,14,18H,10,16H2,1-3H3. The zero-order valence-electron chi connectivity index (χ0n) is 11.3. The van der Waals surface area contributed by atoms with E-state index in [9.17, 15) is 0 Å². The zero-order valence-corrected chi connectivity index (χ0v) is 11.3. The highest BCUT2D eigenvalue weighted by atomic mass is 15.2. The number of nitrogens with two attached hydrogens (primary N) is 1. The molecule has 1 aromatic carbocycles. The van der Waals surface area contributed by atoms with Crippen LogP contribution in [0.25, 0.3) is 10.9 Å². The number of nitrogens with one attached hydrogen (secondary N) is 1. The molecule has 0 aliphatic heterocycles. The summed E-state index contributed by atoms with van der Waals surface area (Å²) in [6.07, 6.45) is 2.81. The Morgan fingerprint density at radius 2 is 2.06 bits per heavy atom. The Morgan fingerprint density at radius 3 is 2.72 bits per heavy atom. The molecule has 96 valence electrons. The van der Waals surface area contributed by atoms with Gasteiger partial charge < -0.3 is 0 Å². The van der Waals surface area contributed by atoms with Gasteiger partial charge in [-0.1, -0.05) is 32.9 Å². The van der Waals surface area contributed by atoms with E-state index in [0.717, 1.165) is 17.3 Å².